The van der Waals surface area contributed by atoms with Crippen LogP contribution in [0.15, 0.2) is 36.4 Å². The van der Waals surface area contributed by atoms with E-state index in [4.69, 9.17) is 9.84 Å². The molecular formula is C21H21N5O3. The molecule has 3 aromatic rings. The number of ether oxygens (including phenoxy) is 1. The van der Waals surface area contributed by atoms with E-state index in [-0.39, 0.29) is 12.5 Å². The van der Waals surface area contributed by atoms with E-state index in [1.807, 2.05) is 39.0 Å². The summed E-state index contributed by atoms with van der Waals surface area (Å²) in [6.45, 7) is 5.72. The molecule has 0 aliphatic rings. The van der Waals surface area contributed by atoms with Gasteiger partial charge in [0.1, 0.15) is 11.8 Å². The quantitative estimate of drug-likeness (QED) is 0.657. The van der Waals surface area contributed by atoms with Gasteiger partial charge in [-0.1, -0.05) is 18.2 Å². The van der Waals surface area contributed by atoms with Gasteiger partial charge < -0.3 is 9.84 Å². The number of carbonyl (C=O) groups is 1. The van der Waals surface area contributed by atoms with Crippen molar-refractivity contribution < 1.29 is 14.6 Å². The van der Waals surface area contributed by atoms with Gasteiger partial charge in [-0.3, -0.25) is 4.79 Å². The van der Waals surface area contributed by atoms with Crippen LogP contribution in [0.1, 0.15) is 37.0 Å². The maximum Gasteiger partial charge on any atom is 0.303 e. The first-order valence-corrected chi connectivity index (χ1v) is 9.20. The number of nitrogens with zero attached hydrogens (tertiary/aromatic N) is 5. The summed E-state index contributed by atoms with van der Waals surface area (Å²) in [6, 6.07) is 13.0. The van der Waals surface area contributed by atoms with E-state index in [1.165, 1.54) is 4.80 Å². The lowest BCUT2D eigenvalue weighted by atomic mass is 10.0. The lowest BCUT2D eigenvalue weighted by molar-refractivity contribution is -0.136. The largest absolute Gasteiger partial charge is 0.490 e. The Morgan fingerprint density at radius 3 is 2.72 bits per heavy atom. The number of aliphatic carboxylic acids is 1. The van der Waals surface area contributed by atoms with Gasteiger partial charge >= 0.3 is 5.97 Å². The van der Waals surface area contributed by atoms with Crippen molar-refractivity contribution in [2.45, 2.75) is 39.7 Å². The highest BCUT2D eigenvalue weighted by Crippen LogP contribution is 2.24. The number of rotatable bonds is 7. The first kappa shape index (κ1) is 20.0. The first-order valence-electron chi connectivity index (χ1n) is 9.20. The van der Waals surface area contributed by atoms with Crippen LogP contribution in [0, 0.1) is 18.3 Å². The van der Waals surface area contributed by atoms with Crippen molar-refractivity contribution in [1.82, 2.24) is 20.2 Å². The molecule has 29 heavy (non-hydrogen) atoms. The summed E-state index contributed by atoms with van der Waals surface area (Å²) in [5, 5.41) is 30.9. The van der Waals surface area contributed by atoms with Crippen LogP contribution in [0.2, 0.25) is 0 Å². The zero-order chi connectivity index (χ0) is 21.0. The van der Waals surface area contributed by atoms with Crippen molar-refractivity contribution in [3.05, 3.63) is 53.1 Å². The molecule has 0 radical (unpaired) electrons. The minimum atomic E-state index is -0.821. The molecule has 1 N–H and O–H groups in total. The molecule has 0 unspecified atom stereocenters. The van der Waals surface area contributed by atoms with Gasteiger partial charge in [-0.25, -0.2) is 0 Å². The summed E-state index contributed by atoms with van der Waals surface area (Å²) in [7, 11) is 0. The van der Waals surface area contributed by atoms with Crippen LogP contribution in [0.4, 0.5) is 0 Å². The molecule has 2 aromatic carbocycles. The van der Waals surface area contributed by atoms with Gasteiger partial charge in [-0.05, 0) is 61.7 Å². The third-order valence-electron chi connectivity index (χ3n) is 4.25. The zero-order valence-corrected chi connectivity index (χ0v) is 16.5. The molecule has 0 aliphatic heterocycles. The number of carboxylic acid groups (broad SMARTS) is 1. The van der Waals surface area contributed by atoms with Gasteiger partial charge in [0.05, 0.1) is 17.4 Å². The van der Waals surface area contributed by atoms with Gasteiger partial charge in [0.2, 0.25) is 5.82 Å². The fourth-order valence-electron chi connectivity index (χ4n) is 2.90. The Labute approximate surface area is 168 Å². The van der Waals surface area contributed by atoms with Crippen molar-refractivity contribution in [1.29, 1.82) is 5.26 Å². The van der Waals surface area contributed by atoms with E-state index in [2.05, 4.69) is 21.5 Å². The standard InChI is InChI=1S/C21H21N5O3/c1-13(2)29-19-8-6-17(11-16(19)12-22)26-24-21(23-25-26)18-7-4-15(10-14(18)3)5-9-20(27)28/h4,6-8,10-11,13H,5,9H2,1-3H3,(H,27,28). The molecule has 0 amide bonds. The maximum absolute atomic E-state index is 10.7. The lowest BCUT2D eigenvalue weighted by Crippen LogP contribution is -2.07. The molecule has 0 aliphatic carbocycles. The summed E-state index contributed by atoms with van der Waals surface area (Å²) < 4.78 is 5.64. The number of aryl methyl sites for hydroxylation is 2. The predicted octanol–water partition coefficient (Wildman–Crippen LogP) is 3.31. The average Bonchev–Trinajstić information content (AvgIpc) is 3.16. The maximum atomic E-state index is 10.7. The molecule has 148 valence electrons. The number of carboxylic acids is 1. The number of benzene rings is 2. The van der Waals surface area contributed by atoms with E-state index < -0.39 is 5.97 Å². The Kier molecular flexibility index (Phi) is 5.88. The van der Waals surface area contributed by atoms with Crippen LogP contribution in [-0.4, -0.2) is 37.4 Å². The molecule has 3 rings (SSSR count). The van der Waals surface area contributed by atoms with Crippen molar-refractivity contribution >= 4 is 5.97 Å². The highest BCUT2D eigenvalue weighted by molar-refractivity contribution is 5.67. The van der Waals surface area contributed by atoms with Crippen LogP contribution >= 0.6 is 0 Å². The molecule has 1 aromatic heterocycles. The predicted molar refractivity (Wildman–Crippen MR) is 106 cm³/mol. The van der Waals surface area contributed by atoms with E-state index in [9.17, 15) is 10.1 Å². The second-order valence-corrected chi connectivity index (χ2v) is 6.90. The topological polar surface area (TPSA) is 114 Å². The Balaban J connectivity index is 1.86. The average molecular weight is 391 g/mol. The SMILES string of the molecule is Cc1cc(CCC(=O)O)ccc1-c1nnn(-c2ccc(OC(C)C)c(C#N)c2)n1. The molecule has 0 spiro atoms. The van der Waals surface area contributed by atoms with Crippen molar-refractivity contribution in [2.75, 3.05) is 0 Å². The number of hydrogen-bond donors (Lipinski definition) is 1. The van der Waals surface area contributed by atoms with Gasteiger partial charge in [0.15, 0.2) is 0 Å². The summed E-state index contributed by atoms with van der Waals surface area (Å²) >= 11 is 0. The van der Waals surface area contributed by atoms with E-state index in [0.717, 1.165) is 16.7 Å². The van der Waals surface area contributed by atoms with Crippen LogP contribution < -0.4 is 4.74 Å². The van der Waals surface area contributed by atoms with Gasteiger partial charge in [0.25, 0.3) is 0 Å². The number of nitriles is 1. The Bertz CT molecular complexity index is 1080. The third-order valence-corrected chi connectivity index (χ3v) is 4.25. The van der Waals surface area contributed by atoms with Crippen LogP contribution in [0.25, 0.3) is 17.1 Å². The van der Waals surface area contributed by atoms with Crippen LogP contribution in [-0.2, 0) is 11.2 Å². The zero-order valence-electron chi connectivity index (χ0n) is 16.5. The summed E-state index contributed by atoms with van der Waals surface area (Å²) in [6.07, 6.45) is 0.522. The molecule has 0 saturated heterocycles. The lowest BCUT2D eigenvalue weighted by Gasteiger charge is -2.11. The monoisotopic (exact) mass is 391 g/mol. The molecule has 0 fully saturated rings. The second-order valence-electron chi connectivity index (χ2n) is 6.90. The van der Waals surface area contributed by atoms with E-state index in [0.29, 0.717) is 29.2 Å². The molecule has 0 atom stereocenters. The summed E-state index contributed by atoms with van der Waals surface area (Å²) in [4.78, 5) is 12.1. The number of tetrazole rings is 1. The molecular weight excluding hydrogens is 370 g/mol. The third kappa shape index (κ3) is 4.76. The minimum absolute atomic E-state index is 0.0366. The van der Waals surface area contributed by atoms with E-state index >= 15 is 0 Å². The van der Waals surface area contributed by atoms with E-state index in [1.54, 1.807) is 18.2 Å². The van der Waals surface area contributed by atoms with Gasteiger partial charge in [-0.15, -0.1) is 15.0 Å². The fraction of sp³-hybridized carbons (Fsp3) is 0.286. The van der Waals surface area contributed by atoms with Crippen LogP contribution in [0.5, 0.6) is 5.75 Å². The first-order chi connectivity index (χ1) is 13.9. The second kappa shape index (κ2) is 8.52. The summed E-state index contributed by atoms with van der Waals surface area (Å²) in [5.74, 6) is 0.144. The highest BCUT2D eigenvalue weighted by Gasteiger charge is 2.13. The van der Waals surface area contributed by atoms with Crippen LogP contribution in [0.3, 0.4) is 0 Å². The van der Waals surface area contributed by atoms with Crippen molar-refractivity contribution in [2.24, 2.45) is 0 Å². The molecule has 0 bridgehead atoms. The van der Waals surface area contributed by atoms with Gasteiger partial charge in [0, 0.05) is 12.0 Å². The number of hydrogen-bond acceptors (Lipinski definition) is 6. The Hall–Kier alpha value is -3.73. The van der Waals surface area contributed by atoms with Gasteiger partial charge in [-0.2, -0.15) is 5.26 Å². The smallest absolute Gasteiger partial charge is 0.303 e. The fourth-order valence-corrected chi connectivity index (χ4v) is 2.90. The Morgan fingerprint density at radius 2 is 2.07 bits per heavy atom. The summed E-state index contributed by atoms with van der Waals surface area (Å²) in [5.41, 5.74) is 3.70. The van der Waals surface area contributed by atoms with Crippen molar-refractivity contribution in [3.63, 3.8) is 0 Å². The molecule has 8 nitrogen and oxygen atoms in total. The molecule has 0 saturated carbocycles. The normalized spacial score (nSPS) is 10.7. The van der Waals surface area contributed by atoms with Crippen molar-refractivity contribution in [3.8, 4) is 28.9 Å². The molecule has 8 heteroatoms. The molecule has 1 heterocycles. The highest BCUT2D eigenvalue weighted by atomic mass is 16.5. The Morgan fingerprint density at radius 1 is 1.28 bits per heavy atom. The number of aromatic nitrogens is 4. The minimum Gasteiger partial charge on any atom is -0.490 e.